The smallest absolute Gasteiger partial charge is 0.387 e. The van der Waals surface area contributed by atoms with Crippen LogP contribution in [0.1, 0.15) is 15.9 Å². The normalized spacial score (nSPS) is 10.5. The standard InChI is InChI=1S/C13H10F2N2O2/c14-13(15)19-11-2-1-9(7-10(11)16)12(18)8-3-5-17-6-4-8/h1-7,13H,16H2. The molecule has 98 valence electrons. The van der Waals surface area contributed by atoms with Crippen molar-refractivity contribution in [2.24, 2.45) is 0 Å². The summed E-state index contributed by atoms with van der Waals surface area (Å²) >= 11 is 0. The van der Waals surface area contributed by atoms with E-state index in [-0.39, 0.29) is 17.2 Å². The number of carbonyl (C=O) groups is 1. The molecule has 0 unspecified atom stereocenters. The Balaban J connectivity index is 2.27. The van der Waals surface area contributed by atoms with E-state index in [9.17, 15) is 13.6 Å². The molecule has 0 amide bonds. The highest BCUT2D eigenvalue weighted by atomic mass is 19.3. The first-order valence-electron chi connectivity index (χ1n) is 5.37. The third-order valence-electron chi connectivity index (χ3n) is 2.43. The summed E-state index contributed by atoms with van der Waals surface area (Å²) in [5, 5.41) is 0. The summed E-state index contributed by atoms with van der Waals surface area (Å²) in [7, 11) is 0. The highest BCUT2D eigenvalue weighted by molar-refractivity contribution is 6.09. The molecule has 0 bridgehead atoms. The van der Waals surface area contributed by atoms with Gasteiger partial charge in [-0.15, -0.1) is 0 Å². The second kappa shape index (κ2) is 5.43. The number of pyridine rings is 1. The van der Waals surface area contributed by atoms with Gasteiger partial charge in [0.1, 0.15) is 5.75 Å². The number of carbonyl (C=O) groups excluding carboxylic acids is 1. The zero-order valence-electron chi connectivity index (χ0n) is 9.72. The molecule has 0 atom stereocenters. The van der Waals surface area contributed by atoms with Crippen molar-refractivity contribution in [2.45, 2.75) is 6.61 Å². The van der Waals surface area contributed by atoms with Crippen LogP contribution >= 0.6 is 0 Å². The van der Waals surface area contributed by atoms with E-state index >= 15 is 0 Å². The van der Waals surface area contributed by atoms with Crippen molar-refractivity contribution >= 4 is 11.5 Å². The summed E-state index contributed by atoms with van der Waals surface area (Å²) in [6.45, 7) is -2.95. The Labute approximate surface area is 107 Å². The van der Waals surface area contributed by atoms with E-state index in [2.05, 4.69) is 9.72 Å². The van der Waals surface area contributed by atoms with E-state index < -0.39 is 6.61 Å². The molecule has 2 rings (SSSR count). The zero-order chi connectivity index (χ0) is 13.8. The number of halogens is 2. The average Bonchev–Trinajstić information content (AvgIpc) is 2.41. The number of rotatable bonds is 4. The predicted molar refractivity (Wildman–Crippen MR) is 65.2 cm³/mol. The number of anilines is 1. The molecular weight excluding hydrogens is 254 g/mol. The molecule has 2 aromatic rings. The van der Waals surface area contributed by atoms with Gasteiger partial charge in [0, 0.05) is 23.5 Å². The van der Waals surface area contributed by atoms with Gasteiger partial charge in [-0.2, -0.15) is 8.78 Å². The first kappa shape index (κ1) is 12.9. The molecule has 0 saturated carbocycles. The third-order valence-corrected chi connectivity index (χ3v) is 2.43. The quantitative estimate of drug-likeness (QED) is 0.680. The summed E-state index contributed by atoms with van der Waals surface area (Å²) in [4.78, 5) is 15.9. The zero-order valence-corrected chi connectivity index (χ0v) is 9.72. The fourth-order valence-corrected chi connectivity index (χ4v) is 1.56. The van der Waals surface area contributed by atoms with E-state index in [1.54, 1.807) is 12.1 Å². The Morgan fingerprint density at radius 2 is 1.84 bits per heavy atom. The number of ether oxygens (including phenoxy) is 1. The molecule has 0 saturated heterocycles. The lowest BCUT2D eigenvalue weighted by molar-refractivity contribution is -0.0493. The second-order valence-electron chi connectivity index (χ2n) is 3.70. The van der Waals surface area contributed by atoms with Gasteiger partial charge in [0.25, 0.3) is 0 Å². The van der Waals surface area contributed by atoms with Gasteiger partial charge in [0.05, 0.1) is 5.69 Å². The minimum Gasteiger partial charge on any atom is -0.433 e. The predicted octanol–water partition coefficient (Wildman–Crippen LogP) is 2.50. The molecule has 19 heavy (non-hydrogen) atoms. The molecule has 4 nitrogen and oxygen atoms in total. The highest BCUT2D eigenvalue weighted by Crippen LogP contribution is 2.25. The first-order chi connectivity index (χ1) is 9.08. The van der Waals surface area contributed by atoms with Gasteiger partial charge in [-0.3, -0.25) is 9.78 Å². The van der Waals surface area contributed by atoms with Crippen molar-refractivity contribution < 1.29 is 18.3 Å². The summed E-state index contributed by atoms with van der Waals surface area (Å²) < 4.78 is 28.4. The monoisotopic (exact) mass is 264 g/mol. The minimum absolute atomic E-state index is 0.0137. The number of nitrogens with zero attached hydrogens (tertiary/aromatic N) is 1. The largest absolute Gasteiger partial charge is 0.433 e. The van der Waals surface area contributed by atoms with Gasteiger partial charge < -0.3 is 10.5 Å². The van der Waals surface area contributed by atoms with Crippen molar-refractivity contribution in [3.05, 3.63) is 53.9 Å². The van der Waals surface area contributed by atoms with Crippen LogP contribution in [-0.2, 0) is 0 Å². The Morgan fingerprint density at radius 3 is 2.42 bits per heavy atom. The summed E-state index contributed by atoms with van der Waals surface area (Å²) in [5.74, 6) is -0.418. The summed E-state index contributed by atoms with van der Waals surface area (Å²) in [5.41, 5.74) is 6.29. The van der Waals surface area contributed by atoms with Crippen LogP contribution in [0.3, 0.4) is 0 Å². The first-order valence-corrected chi connectivity index (χ1v) is 5.37. The topological polar surface area (TPSA) is 65.2 Å². The number of nitrogens with two attached hydrogens (primary N) is 1. The molecule has 0 aliphatic heterocycles. The Morgan fingerprint density at radius 1 is 1.16 bits per heavy atom. The van der Waals surface area contributed by atoms with Crippen molar-refractivity contribution in [3.8, 4) is 5.75 Å². The van der Waals surface area contributed by atoms with Crippen molar-refractivity contribution in [2.75, 3.05) is 5.73 Å². The van der Waals surface area contributed by atoms with E-state index in [1.165, 1.54) is 30.6 Å². The number of hydrogen-bond donors (Lipinski definition) is 1. The number of nitrogen functional groups attached to an aromatic ring is 1. The number of benzene rings is 1. The average molecular weight is 264 g/mol. The van der Waals surface area contributed by atoms with Gasteiger partial charge in [0.15, 0.2) is 5.78 Å². The van der Waals surface area contributed by atoms with Crippen LogP contribution in [0.5, 0.6) is 5.75 Å². The van der Waals surface area contributed by atoms with Gasteiger partial charge in [-0.1, -0.05) is 0 Å². The third kappa shape index (κ3) is 3.04. The van der Waals surface area contributed by atoms with Gasteiger partial charge in [-0.25, -0.2) is 0 Å². The van der Waals surface area contributed by atoms with Crippen LogP contribution in [-0.4, -0.2) is 17.4 Å². The molecule has 0 spiro atoms. The number of aromatic nitrogens is 1. The lowest BCUT2D eigenvalue weighted by atomic mass is 10.0. The van der Waals surface area contributed by atoms with E-state index in [4.69, 9.17) is 5.73 Å². The van der Waals surface area contributed by atoms with E-state index in [0.29, 0.717) is 11.1 Å². The van der Waals surface area contributed by atoms with Crippen LogP contribution in [0.25, 0.3) is 0 Å². The fraction of sp³-hybridized carbons (Fsp3) is 0.0769. The maximum Gasteiger partial charge on any atom is 0.387 e. The van der Waals surface area contributed by atoms with Crippen molar-refractivity contribution in [1.29, 1.82) is 0 Å². The molecule has 0 fully saturated rings. The van der Waals surface area contributed by atoms with Crippen LogP contribution in [0.15, 0.2) is 42.7 Å². The lowest BCUT2D eigenvalue weighted by Gasteiger charge is -2.09. The SMILES string of the molecule is Nc1cc(C(=O)c2ccncc2)ccc1OC(F)F. The fourth-order valence-electron chi connectivity index (χ4n) is 1.56. The molecule has 1 heterocycles. The van der Waals surface area contributed by atoms with E-state index in [1.807, 2.05) is 0 Å². The van der Waals surface area contributed by atoms with Crippen molar-refractivity contribution in [3.63, 3.8) is 0 Å². The van der Waals surface area contributed by atoms with Gasteiger partial charge in [0.2, 0.25) is 0 Å². The molecule has 1 aromatic carbocycles. The molecule has 0 radical (unpaired) electrons. The van der Waals surface area contributed by atoms with E-state index in [0.717, 1.165) is 0 Å². The molecular formula is C13H10F2N2O2. The maximum absolute atomic E-state index is 12.1. The van der Waals surface area contributed by atoms with Gasteiger partial charge in [-0.05, 0) is 30.3 Å². The van der Waals surface area contributed by atoms with Crippen molar-refractivity contribution in [1.82, 2.24) is 4.98 Å². The molecule has 1 aromatic heterocycles. The lowest BCUT2D eigenvalue weighted by Crippen LogP contribution is -2.06. The van der Waals surface area contributed by atoms with Crippen LogP contribution in [0.2, 0.25) is 0 Å². The summed E-state index contributed by atoms with van der Waals surface area (Å²) in [6.07, 6.45) is 2.98. The van der Waals surface area contributed by atoms with Gasteiger partial charge >= 0.3 is 6.61 Å². The number of alkyl halides is 2. The van der Waals surface area contributed by atoms with Crippen LogP contribution < -0.4 is 10.5 Å². The molecule has 2 N–H and O–H groups in total. The highest BCUT2D eigenvalue weighted by Gasteiger charge is 2.13. The number of ketones is 1. The Hall–Kier alpha value is -2.50. The Kier molecular flexibility index (Phi) is 3.70. The maximum atomic E-state index is 12.1. The molecule has 0 aliphatic rings. The van der Waals surface area contributed by atoms with Crippen LogP contribution in [0, 0.1) is 0 Å². The van der Waals surface area contributed by atoms with Crippen LogP contribution in [0.4, 0.5) is 14.5 Å². The second-order valence-corrected chi connectivity index (χ2v) is 3.70. The Bertz CT molecular complexity index is 588. The minimum atomic E-state index is -2.95. The molecule has 6 heteroatoms. The summed E-state index contributed by atoms with van der Waals surface area (Å²) in [6, 6.07) is 7.05. The number of hydrogen-bond acceptors (Lipinski definition) is 4. The molecule has 0 aliphatic carbocycles.